The minimum absolute atomic E-state index is 0.0336. The summed E-state index contributed by atoms with van der Waals surface area (Å²) in [7, 11) is 4.02. The van der Waals surface area contributed by atoms with Crippen LogP contribution < -0.4 is 4.90 Å². The molecule has 1 heterocycles. The zero-order valence-corrected chi connectivity index (χ0v) is 9.77. The molecule has 0 amide bonds. The number of aromatic amines is 1. The molecule has 0 spiro atoms. The van der Waals surface area contributed by atoms with Gasteiger partial charge in [0.1, 0.15) is 5.75 Å². The SMILES string of the molecule is C[NH+](C)CCc1c[nH]c2c(F)c(F)cc(O)c12. The van der Waals surface area contributed by atoms with Crippen LogP contribution in [0.15, 0.2) is 12.3 Å². The number of halogens is 2. The molecule has 2 rings (SSSR count). The number of phenolic OH excluding ortho intramolecular Hbond substituents is 1. The van der Waals surface area contributed by atoms with E-state index in [0.717, 1.165) is 18.2 Å². The number of hydrogen-bond acceptors (Lipinski definition) is 1. The Morgan fingerprint density at radius 2 is 2.06 bits per heavy atom. The fourth-order valence-corrected chi connectivity index (χ4v) is 1.89. The zero-order valence-electron chi connectivity index (χ0n) is 9.77. The number of benzene rings is 1. The normalized spacial score (nSPS) is 11.6. The number of rotatable bonds is 3. The van der Waals surface area contributed by atoms with E-state index in [0.29, 0.717) is 11.8 Å². The number of aromatic hydroxyl groups is 1. The summed E-state index contributed by atoms with van der Waals surface area (Å²) in [6.45, 7) is 0.853. The quantitative estimate of drug-likeness (QED) is 0.732. The number of quaternary nitrogens is 1. The molecule has 0 radical (unpaired) electrons. The Bertz CT molecular complexity index is 549. The van der Waals surface area contributed by atoms with E-state index in [1.807, 2.05) is 14.1 Å². The molecule has 0 bridgehead atoms. The summed E-state index contributed by atoms with van der Waals surface area (Å²) in [6, 6.07) is 0.817. The van der Waals surface area contributed by atoms with Gasteiger partial charge in [0.05, 0.1) is 26.2 Å². The fourth-order valence-electron chi connectivity index (χ4n) is 1.89. The van der Waals surface area contributed by atoms with Gasteiger partial charge in [-0.1, -0.05) is 0 Å². The van der Waals surface area contributed by atoms with Crippen molar-refractivity contribution < 1.29 is 18.8 Å². The average Bonchev–Trinajstić information content (AvgIpc) is 2.67. The minimum Gasteiger partial charge on any atom is -0.507 e. The van der Waals surface area contributed by atoms with E-state index >= 15 is 0 Å². The molecule has 1 aromatic carbocycles. The maximum atomic E-state index is 13.5. The van der Waals surface area contributed by atoms with Crippen LogP contribution >= 0.6 is 0 Å². The number of aromatic nitrogens is 1. The summed E-state index contributed by atoms with van der Waals surface area (Å²) in [5.41, 5.74) is 0.837. The molecular formula is C12H15F2N2O+. The van der Waals surface area contributed by atoms with Crippen LogP contribution in [0.4, 0.5) is 8.78 Å². The first-order valence-electron chi connectivity index (χ1n) is 5.46. The number of H-pyrrole nitrogens is 1. The van der Waals surface area contributed by atoms with Gasteiger partial charge in [0.15, 0.2) is 11.6 Å². The largest absolute Gasteiger partial charge is 0.507 e. The van der Waals surface area contributed by atoms with E-state index in [9.17, 15) is 13.9 Å². The van der Waals surface area contributed by atoms with E-state index in [-0.39, 0.29) is 11.3 Å². The fraction of sp³-hybridized carbons (Fsp3) is 0.333. The van der Waals surface area contributed by atoms with Crippen molar-refractivity contribution in [3.05, 3.63) is 29.5 Å². The highest BCUT2D eigenvalue weighted by molar-refractivity contribution is 5.89. The third kappa shape index (κ3) is 2.10. The Morgan fingerprint density at radius 3 is 2.71 bits per heavy atom. The van der Waals surface area contributed by atoms with Gasteiger partial charge in [-0.25, -0.2) is 8.78 Å². The average molecular weight is 241 g/mol. The smallest absolute Gasteiger partial charge is 0.183 e. The number of likely N-dealkylation sites (N-methyl/N-ethyl adjacent to an activating group) is 1. The molecule has 3 N–H and O–H groups in total. The summed E-state index contributed by atoms with van der Waals surface area (Å²) >= 11 is 0. The van der Waals surface area contributed by atoms with E-state index in [4.69, 9.17) is 0 Å². The van der Waals surface area contributed by atoms with Crippen LogP contribution in [0.2, 0.25) is 0 Å². The lowest BCUT2D eigenvalue weighted by molar-refractivity contribution is -0.858. The van der Waals surface area contributed by atoms with E-state index in [1.165, 1.54) is 4.90 Å². The molecule has 2 aromatic rings. The standard InChI is InChI=1S/C12H14F2N2O/c1-16(2)4-3-7-6-15-12-10(7)9(17)5-8(13)11(12)14/h5-6,15,17H,3-4H2,1-2H3/p+1. The van der Waals surface area contributed by atoms with Gasteiger partial charge >= 0.3 is 0 Å². The molecule has 1 aromatic heterocycles. The molecular weight excluding hydrogens is 226 g/mol. The Hall–Kier alpha value is -1.62. The van der Waals surface area contributed by atoms with Crippen molar-refractivity contribution in [2.24, 2.45) is 0 Å². The van der Waals surface area contributed by atoms with Crippen LogP contribution in [0, 0.1) is 11.6 Å². The Kier molecular flexibility index (Phi) is 3.02. The van der Waals surface area contributed by atoms with Crippen molar-refractivity contribution in [2.75, 3.05) is 20.6 Å². The van der Waals surface area contributed by atoms with Gasteiger partial charge in [-0.15, -0.1) is 0 Å². The summed E-state index contributed by atoms with van der Waals surface area (Å²) in [4.78, 5) is 3.93. The van der Waals surface area contributed by atoms with Gasteiger partial charge in [-0.3, -0.25) is 0 Å². The van der Waals surface area contributed by atoms with Crippen LogP contribution in [-0.2, 0) is 6.42 Å². The minimum atomic E-state index is -1.04. The first-order valence-corrected chi connectivity index (χ1v) is 5.46. The van der Waals surface area contributed by atoms with Crippen molar-refractivity contribution in [1.82, 2.24) is 4.98 Å². The van der Waals surface area contributed by atoms with Gasteiger partial charge in [0.2, 0.25) is 0 Å². The van der Waals surface area contributed by atoms with E-state index < -0.39 is 11.6 Å². The van der Waals surface area contributed by atoms with Crippen LogP contribution in [0.5, 0.6) is 5.75 Å². The monoisotopic (exact) mass is 241 g/mol. The molecule has 0 atom stereocenters. The first-order chi connectivity index (χ1) is 8.00. The van der Waals surface area contributed by atoms with E-state index in [1.54, 1.807) is 6.20 Å². The molecule has 0 unspecified atom stereocenters. The van der Waals surface area contributed by atoms with Crippen molar-refractivity contribution in [1.29, 1.82) is 0 Å². The molecule has 0 aliphatic heterocycles. The molecule has 17 heavy (non-hydrogen) atoms. The van der Waals surface area contributed by atoms with Crippen molar-refractivity contribution >= 4 is 10.9 Å². The molecule has 0 aliphatic rings. The lowest BCUT2D eigenvalue weighted by Gasteiger charge is -2.06. The third-order valence-corrected chi connectivity index (χ3v) is 2.80. The summed E-state index contributed by atoms with van der Waals surface area (Å²) < 4.78 is 26.5. The highest BCUT2D eigenvalue weighted by Gasteiger charge is 2.16. The Labute approximate surface area is 97.7 Å². The van der Waals surface area contributed by atoms with Gasteiger partial charge in [0, 0.05) is 24.1 Å². The molecule has 0 aliphatic carbocycles. The van der Waals surface area contributed by atoms with Gasteiger partial charge < -0.3 is 15.0 Å². The van der Waals surface area contributed by atoms with Gasteiger partial charge in [0.25, 0.3) is 0 Å². The first kappa shape index (κ1) is 11.9. The van der Waals surface area contributed by atoms with E-state index in [2.05, 4.69) is 4.98 Å². The highest BCUT2D eigenvalue weighted by Crippen LogP contribution is 2.31. The molecule has 92 valence electrons. The van der Waals surface area contributed by atoms with Crippen LogP contribution in [-0.4, -0.2) is 30.7 Å². The number of nitrogens with one attached hydrogen (secondary N) is 2. The second kappa shape index (κ2) is 4.33. The predicted molar refractivity (Wildman–Crippen MR) is 61.3 cm³/mol. The molecule has 0 saturated carbocycles. The lowest BCUT2D eigenvalue weighted by Crippen LogP contribution is -3.05. The number of fused-ring (bicyclic) bond motifs is 1. The Morgan fingerprint density at radius 1 is 1.35 bits per heavy atom. The molecule has 0 fully saturated rings. The van der Waals surface area contributed by atoms with Crippen molar-refractivity contribution in [3.63, 3.8) is 0 Å². The van der Waals surface area contributed by atoms with Gasteiger partial charge in [-0.05, 0) is 5.56 Å². The molecule has 3 nitrogen and oxygen atoms in total. The number of phenols is 1. The van der Waals surface area contributed by atoms with Crippen molar-refractivity contribution in [2.45, 2.75) is 6.42 Å². The predicted octanol–water partition coefficient (Wildman–Crippen LogP) is 0.839. The van der Waals surface area contributed by atoms with Crippen LogP contribution in [0.25, 0.3) is 10.9 Å². The Balaban J connectivity index is 2.49. The lowest BCUT2D eigenvalue weighted by atomic mass is 10.1. The summed E-state index contributed by atoms with van der Waals surface area (Å²) in [5.74, 6) is -2.20. The molecule has 0 saturated heterocycles. The number of hydrogen-bond donors (Lipinski definition) is 3. The second-order valence-electron chi connectivity index (χ2n) is 4.46. The van der Waals surface area contributed by atoms with Crippen LogP contribution in [0.1, 0.15) is 5.56 Å². The molecule has 5 heteroatoms. The zero-order chi connectivity index (χ0) is 12.6. The highest BCUT2D eigenvalue weighted by atomic mass is 19.2. The third-order valence-electron chi connectivity index (χ3n) is 2.80. The second-order valence-corrected chi connectivity index (χ2v) is 4.46. The summed E-state index contributed by atoms with van der Waals surface area (Å²) in [5, 5.41) is 10.1. The summed E-state index contributed by atoms with van der Waals surface area (Å²) in [6.07, 6.45) is 2.32. The van der Waals surface area contributed by atoms with Crippen molar-refractivity contribution in [3.8, 4) is 5.75 Å². The topological polar surface area (TPSA) is 40.5 Å². The van der Waals surface area contributed by atoms with Crippen LogP contribution in [0.3, 0.4) is 0 Å². The maximum absolute atomic E-state index is 13.5. The van der Waals surface area contributed by atoms with Gasteiger partial charge in [-0.2, -0.15) is 0 Å². The maximum Gasteiger partial charge on any atom is 0.183 e.